The van der Waals surface area contributed by atoms with Crippen molar-refractivity contribution in [2.24, 2.45) is 17.8 Å². The molecule has 0 aliphatic carbocycles. The molecule has 2 aliphatic rings. The third kappa shape index (κ3) is 12.0. The van der Waals surface area contributed by atoms with Crippen molar-refractivity contribution < 1.29 is 5.11 Å². The van der Waals surface area contributed by atoms with Gasteiger partial charge in [0, 0.05) is 37.3 Å². The minimum atomic E-state index is -0.0614. The average molecular weight is 429 g/mol. The van der Waals surface area contributed by atoms with Gasteiger partial charge >= 0.3 is 0 Å². The molecule has 5 nitrogen and oxygen atoms in total. The maximum Gasteiger partial charge on any atom is 0.0567 e. The molecule has 0 amide bonds. The van der Waals surface area contributed by atoms with Crippen molar-refractivity contribution in [1.29, 1.82) is 0 Å². The van der Waals surface area contributed by atoms with Crippen molar-refractivity contribution >= 4 is 0 Å². The Bertz CT molecular complexity index is 390. The second kappa shape index (κ2) is 15.6. The quantitative estimate of drug-likeness (QED) is 0.519. The summed E-state index contributed by atoms with van der Waals surface area (Å²) in [5.74, 6) is 2.13. The Morgan fingerprint density at radius 3 is 1.90 bits per heavy atom. The Kier molecular flexibility index (Phi) is 15.5. The highest BCUT2D eigenvalue weighted by Gasteiger charge is 2.24. The van der Waals surface area contributed by atoms with Crippen molar-refractivity contribution in [3.63, 3.8) is 0 Å². The number of likely N-dealkylation sites (N-methyl/N-ethyl adjacent to an activating group) is 1. The molecule has 0 saturated carbocycles. The Morgan fingerprint density at radius 1 is 1.03 bits per heavy atom. The number of aliphatic hydroxyl groups excluding tert-OH is 1. The fraction of sp³-hybridized carbons (Fsp3) is 1.00. The number of nitrogens with zero attached hydrogens (tertiary/aromatic N) is 1. The average Bonchev–Trinajstić information content (AvgIpc) is 2.69. The molecule has 4 unspecified atom stereocenters. The van der Waals surface area contributed by atoms with Crippen LogP contribution in [-0.2, 0) is 0 Å². The molecular formula is C25H56N4O. The molecule has 2 rings (SSSR count). The van der Waals surface area contributed by atoms with Gasteiger partial charge in [-0.1, -0.05) is 54.9 Å². The lowest BCUT2D eigenvalue weighted by Crippen LogP contribution is -2.51. The first kappa shape index (κ1) is 29.8. The van der Waals surface area contributed by atoms with Gasteiger partial charge in [-0.2, -0.15) is 0 Å². The van der Waals surface area contributed by atoms with Crippen LogP contribution in [0.4, 0.5) is 0 Å². The van der Waals surface area contributed by atoms with E-state index in [2.05, 4.69) is 90.3 Å². The normalized spacial score (nSPS) is 27.2. The van der Waals surface area contributed by atoms with Crippen LogP contribution in [0.2, 0.25) is 0 Å². The van der Waals surface area contributed by atoms with Gasteiger partial charge in [-0.15, -0.1) is 0 Å². The van der Waals surface area contributed by atoms with Crippen molar-refractivity contribution in [3.8, 4) is 0 Å². The van der Waals surface area contributed by atoms with Gasteiger partial charge in [0.1, 0.15) is 0 Å². The number of piperazine rings is 1. The summed E-state index contributed by atoms with van der Waals surface area (Å²) in [6.45, 7) is 22.5. The van der Waals surface area contributed by atoms with Gasteiger partial charge < -0.3 is 26.0 Å². The number of rotatable bonds is 6. The van der Waals surface area contributed by atoms with E-state index in [0.29, 0.717) is 23.5 Å². The molecule has 0 aromatic heterocycles. The van der Waals surface area contributed by atoms with E-state index in [0.717, 1.165) is 37.8 Å². The fourth-order valence-corrected chi connectivity index (χ4v) is 4.04. The summed E-state index contributed by atoms with van der Waals surface area (Å²) >= 11 is 0. The second-order valence-corrected chi connectivity index (χ2v) is 10.6. The molecule has 182 valence electrons. The van der Waals surface area contributed by atoms with Gasteiger partial charge in [0.15, 0.2) is 0 Å². The van der Waals surface area contributed by atoms with Crippen molar-refractivity contribution in [1.82, 2.24) is 20.9 Å². The maximum absolute atomic E-state index is 9.29. The molecule has 4 N–H and O–H groups in total. The highest BCUT2D eigenvalue weighted by atomic mass is 16.3. The van der Waals surface area contributed by atoms with Crippen LogP contribution in [0, 0.1) is 17.8 Å². The first-order valence-electron chi connectivity index (χ1n) is 12.5. The van der Waals surface area contributed by atoms with Crippen LogP contribution < -0.4 is 16.0 Å². The van der Waals surface area contributed by atoms with Crippen LogP contribution in [-0.4, -0.2) is 74.0 Å². The Labute approximate surface area is 189 Å². The molecule has 2 heterocycles. The highest BCUT2D eigenvalue weighted by molar-refractivity contribution is 4.84. The van der Waals surface area contributed by atoms with Gasteiger partial charge in [0.25, 0.3) is 0 Å². The molecule has 0 aromatic rings. The SMILES string of the molecule is CC(C)C1CC(O)CCN1.CC(C)C1CN(C)CCN1.CCCC(C)(NC)C(C)C. The molecule has 0 bridgehead atoms. The van der Waals surface area contributed by atoms with Gasteiger partial charge in [-0.25, -0.2) is 0 Å². The van der Waals surface area contributed by atoms with Gasteiger partial charge in [-0.3, -0.25) is 0 Å². The zero-order chi connectivity index (χ0) is 23.3. The van der Waals surface area contributed by atoms with Gasteiger partial charge in [0.05, 0.1) is 6.10 Å². The third-order valence-electron chi connectivity index (χ3n) is 7.04. The summed E-state index contributed by atoms with van der Waals surface area (Å²) in [5, 5.41) is 19.6. The summed E-state index contributed by atoms with van der Waals surface area (Å²) in [6.07, 6.45) is 4.31. The van der Waals surface area contributed by atoms with E-state index in [4.69, 9.17) is 0 Å². The summed E-state index contributed by atoms with van der Waals surface area (Å²) in [7, 11) is 4.24. The van der Waals surface area contributed by atoms with E-state index in [9.17, 15) is 5.11 Å². The third-order valence-corrected chi connectivity index (χ3v) is 7.04. The topological polar surface area (TPSA) is 59.6 Å². The molecule has 2 fully saturated rings. The number of piperidine rings is 1. The maximum atomic E-state index is 9.29. The van der Waals surface area contributed by atoms with Crippen molar-refractivity contribution in [2.75, 3.05) is 40.3 Å². The number of hydrogen-bond acceptors (Lipinski definition) is 5. The van der Waals surface area contributed by atoms with Gasteiger partial charge in [-0.05, 0) is 64.6 Å². The minimum Gasteiger partial charge on any atom is -0.393 e. The predicted octanol–water partition coefficient (Wildman–Crippen LogP) is 3.72. The molecule has 4 atom stereocenters. The molecule has 5 heteroatoms. The Hall–Kier alpha value is -0.200. The molecule has 0 aromatic carbocycles. The first-order chi connectivity index (χ1) is 14.0. The van der Waals surface area contributed by atoms with E-state index in [1.165, 1.54) is 25.9 Å². The highest BCUT2D eigenvalue weighted by Crippen LogP contribution is 2.21. The monoisotopic (exact) mass is 428 g/mol. The summed E-state index contributed by atoms with van der Waals surface area (Å²) < 4.78 is 0. The predicted molar refractivity (Wildman–Crippen MR) is 133 cm³/mol. The zero-order valence-electron chi connectivity index (χ0n) is 22.0. The second-order valence-electron chi connectivity index (χ2n) is 10.6. The Morgan fingerprint density at radius 2 is 1.60 bits per heavy atom. The first-order valence-corrected chi connectivity index (χ1v) is 12.5. The fourth-order valence-electron chi connectivity index (χ4n) is 4.04. The molecule has 0 radical (unpaired) electrons. The van der Waals surface area contributed by atoms with Gasteiger partial charge in [0.2, 0.25) is 0 Å². The molecule has 0 spiro atoms. The lowest BCUT2D eigenvalue weighted by Gasteiger charge is -2.33. The number of aliphatic hydroxyl groups is 1. The molecular weight excluding hydrogens is 372 g/mol. The van der Waals surface area contributed by atoms with E-state index in [1.807, 2.05) is 0 Å². The molecule has 2 aliphatic heterocycles. The van der Waals surface area contributed by atoms with Crippen LogP contribution in [0.5, 0.6) is 0 Å². The van der Waals surface area contributed by atoms with Crippen LogP contribution in [0.15, 0.2) is 0 Å². The van der Waals surface area contributed by atoms with Crippen LogP contribution >= 0.6 is 0 Å². The Balaban J connectivity index is 0.000000420. The van der Waals surface area contributed by atoms with Crippen molar-refractivity contribution in [3.05, 3.63) is 0 Å². The van der Waals surface area contributed by atoms with E-state index in [1.54, 1.807) is 0 Å². The van der Waals surface area contributed by atoms with Crippen LogP contribution in [0.25, 0.3) is 0 Å². The standard InChI is InChI=1S/C9H21N.C8H18N2.C8H17NO/c1-6-7-9(4,10-5)8(2)3;1-7(2)8-6-10(3)5-4-9-8;1-6(2)8-5-7(10)3-4-9-8/h8,10H,6-7H2,1-5H3;7-9H,4-6H2,1-3H3;6-10H,3-5H2,1-2H3. The summed E-state index contributed by atoms with van der Waals surface area (Å²) in [5.41, 5.74) is 0.342. The molecule has 30 heavy (non-hydrogen) atoms. The molecule has 2 saturated heterocycles. The largest absolute Gasteiger partial charge is 0.393 e. The minimum absolute atomic E-state index is 0.0614. The zero-order valence-corrected chi connectivity index (χ0v) is 22.0. The van der Waals surface area contributed by atoms with E-state index < -0.39 is 0 Å². The summed E-state index contributed by atoms with van der Waals surface area (Å²) in [6, 6.07) is 1.24. The number of hydrogen-bond donors (Lipinski definition) is 4. The number of nitrogens with one attached hydrogen (secondary N) is 3. The van der Waals surface area contributed by atoms with Crippen LogP contribution in [0.1, 0.15) is 81.1 Å². The van der Waals surface area contributed by atoms with Crippen molar-refractivity contribution in [2.45, 2.75) is 105 Å². The lowest BCUT2D eigenvalue weighted by molar-refractivity contribution is 0.105. The van der Waals surface area contributed by atoms with E-state index in [-0.39, 0.29) is 6.10 Å². The summed E-state index contributed by atoms with van der Waals surface area (Å²) in [4.78, 5) is 2.39. The lowest BCUT2D eigenvalue weighted by atomic mass is 9.84. The smallest absolute Gasteiger partial charge is 0.0567 e. The van der Waals surface area contributed by atoms with Crippen LogP contribution in [0.3, 0.4) is 0 Å². The van der Waals surface area contributed by atoms with E-state index >= 15 is 0 Å².